The first-order chi connectivity index (χ1) is 8.15. The van der Waals surface area contributed by atoms with Crippen molar-refractivity contribution in [2.75, 3.05) is 26.2 Å². The molecule has 0 bridgehead atoms. The molecule has 2 unspecified atom stereocenters. The van der Waals surface area contributed by atoms with Crippen LogP contribution in [-0.4, -0.2) is 37.1 Å². The van der Waals surface area contributed by atoms with Crippen LogP contribution in [0.25, 0.3) is 0 Å². The van der Waals surface area contributed by atoms with E-state index >= 15 is 0 Å². The van der Waals surface area contributed by atoms with E-state index in [2.05, 4.69) is 37.9 Å². The lowest BCUT2D eigenvalue weighted by Crippen LogP contribution is -2.50. The number of rotatable bonds is 7. The SMILES string of the molecule is CCCC1CC(NCC(C)C)CN(CCC)C1. The molecule has 0 amide bonds. The molecular weight excluding hydrogens is 208 g/mol. The maximum Gasteiger partial charge on any atom is 0.0198 e. The van der Waals surface area contributed by atoms with Crippen molar-refractivity contribution in [1.82, 2.24) is 10.2 Å². The van der Waals surface area contributed by atoms with Crippen molar-refractivity contribution >= 4 is 0 Å². The number of likely N-dealkylation sites (tertiary alicyclic amines) is 1. The standard InChI is InChI=1S/C15H32N2/c1-5-7-14-9-15(16-10-13(3)4)12-17(11-14)8-6-2/h13-16H,5-12H2,1-4H3. The third-order valence-corrected chi connectivity index (χ3v) is 3.66. The minimum Gasteiger partial charge on any atom is -0.312 e. The summed E-state index contributed by atoms with van der Waals surface area (Å²) in [6.45, 7) is 14.2. The van der Waals surface area contributed by atoms with Gasteiger partial charge in [0.05, 0.1) is 0 Å². The van der Waals surface area contributed by atoms with Crippen molar-refractivity contribution in [2.24, 2.45) is 11.8 Å². The highest BCUT2D eigenvalue weighted by Crippen LogP contribution is 2.21. The number of nitrogens with one attached hydrogen (secondary N) is 1. The summed E-state index contributed by atoms with van der Waals surface area (Å²) in [5.41, 5.74) is 0. The minimum absolute atomic E-state index is 0.731. The molecule has 17 heavy (non-hydrogen) atoms. The van der Waals surface area contributed by atoms with Gasteiger partial charge in [0, 0.05) is 19.1 Å². The Morgan fingerprint density at radius 1 is 1.18 bits per heavy atom. The van der Waals surface area contributed by atoms with Crippen molar-refractivity contribution < 1.29 is 0 Å². The Morgan fingerprint density at radius 3 is 2.53 bits per heavy atom. The lowest BCUT2D eigenvalue weighted by atomic mass is 9.90. The molecule has 0 radical (unpaired) electrons. The quantitative estimate of drug-likeness (QED) is 0.735. The van der Waals surface area contributed by atoms with Crippen LogP contribution in [0.1, 0.15) is 53.4 Å². The molecular formula is C15H32N2. The topological polar surface area (TPSA) is 15.3 Å². The summed E-state index contributed by atoms with van der Waals surface area (Å²) in [7, 11) is 0. The molecule has 0 aliphatic carbocycles. The fraction of sp³-hybridized carbons (Fsp3) is 1.00. The molecule has 0 spiro atoms. The van der Waals surface area contributed by atoms with Crippen LogP contribution in [0.15, 0.2) is 0 Å². The Hall–Kier alpha value is -0.0800. The summed E-state index contributed by atoms with van der Waals surface area (Å²) in [6, 6.07) is 0.731. The third kappa shape index (κ3) is 5.87. The third-order valence-electron chi connectivity index (χ3n) is 3.66. The van der Waals surface area contributed by atoms with Crippen LogP contribution >= 0.6 is 0 Å². The normalized spacial score (nSPS) is 26.6. The van der Waals surface area contributed by atoms with Gasteiger partial charge in [-0.1, -0.05) is 34.1 Å². The second-order valence-electron chi connectivity index (χ2n) is 6.15. The highest BCUT2D eigenvalue weighted by atomic mass is 15.2. The molecule has 102 valence electrons. The van der Waals surface area contributed by atoms with E-state index in [0.29, 0.717) is 0 Å². The van der Waals surface area contributed by atoms with E-state index in [9.17, 15) is 0 Å². The fourth-order valence-corrected chi connectivity index (χ4v) is 2.97. The molecule has 1 aliphatic heterocycles. The first-order valence-corrected chi connectivity index (χ1v) is 7.61. The zero-order valence-corrected chi connectivity index (χ0v) is 12.3. The van der Waals surface area contributed by atoms with Gasteiger partial charge in [-0.05, 0) is 44.2 Å². The Kier molecular flexibility index (Phi) is 7.14. The van der Waals surface area contributed by atoms with E-state index < -0.39 is 0 Å². The van der Waals surface area contributed by atoms with E-state index in [4.69, 9.17) is 0 Å². The van der Waals surface area contributed by atoms with Crippen LogP contribution in [0.4, 0.5) is 0 Å². The van der Waals surface area contributed by atoms with Crippen LogP contribution in [0.5, 0.6) is 0 Å². The molecule has 1 aliphatic rings. The lowest BCUT2D eigenvalue weighted by Gasteiger charge is -2.38. The van der Waals surface area contributed by atoms with Gasteiger partial charge in [0.1, 0.15) is 0 Å². The average Bonchev–Trinajstić information content (AvgIpc) is 2.27. The van der Waals surface area contributed by atoms with Crippen molar-refractivity contribution in [3.63, 3.8) is 0 Å². The monoisotopic (exact) mass is 240 g/mol. The maximum atomic E-state index is 3.76. The van der Waals surface area contributed by atoms with Gasteiger partial charge >= 0.3 is 0 Å². The second kappa shape index (κ2) is 8.10. The van der Waals surface area contributed by atoms with Gasteiger partial charge in [-0.3, -0.25) is 0 Å². The van der Waals surface area contributed by atoms with Crippen molar-refractivity contribution in [1.29, 1.82) is 0 Å². The summed E-state index contributed by atoms with van der Waals surface area (Å²) < 4.78 is 0. The molecule has 0 aromatic carbocycles. The van der Waals surface area contributed by atoms with Crippen LogP contribution < -0.4 is 5.32 Å². The van der Waals surface area contributed by atoms with Gasteiger partial charge in [-0.15, -0.1) is 0 Å². The summed E-state index contributed by atoms with van der Waals surface area (Å²) in [4.78, 5) is 2.67. The van der Waals surface area contributed by atoms with Crippen LogP contribution in [0.3, 0.4) is 0 Å². The number of nitrogens with zero attached hydrogens (tertiary/aromatic N) is 1. The highest BCUT2D eigenvalue weighted by molar-refractivity contribution is 4.83. The Labute approximate surface area is 108 Å². The summed E-state index contributed by atoms with van der Waals surface area (Å²) in [5, 5.41) is 3.76. The highest BCUT2D eigenvalue weighted by Gasteiger charge is 2.25. The van der Waals surface area contributed by atoms with E-state index in [0.717, 1.165) is 17.9 Å². The van der Waals surface area contributed by atoms with E-state index in [1.54, 1.807) is 0 Å². The smallest absolute Gasteiger partial charge is 0.0198 e. The average molecular weight is 240 g/mol. The van der Waals surface area contributed by atoms with Gasteiger partial charge in [-0.25, -0.2) is 0 Å². The molecule has 2 heteroatoms. The zero-order valence-electron chi connectivity index (χ0n) is 12.3. The molecule has 0 aromatic rings. The predicted molar refractivity (Wildman–Crippen MR) is 76.4 cm³/mol. The molecule has 0 aromatic heterocycles. The van der Waals surface area contributed by atoms with Crippen LogP contribution in [0, 0.1) is 11.8 Å². The van der Waals surface area contributed by atoms with Gasteiger partial charge in [-0.2, -0.15) is 0 Å². The van der Waals surface area contributed by atoms with E-state index in [1.165, 1.54) is 51.9 Å². The van der Waals surface area contributed by atoms with Crippen molar-refractivity contribution in [3.05, 3.63) is 0 Å². The Bertz CT molecular complexity index is 177. The Morgan fingerprint density at radius 2 is 1.94 bits per heavy atom. The number of piperidine rings is 1. The number of hydrogen-bond acceptors (Lipinski definition) is 2. The van der Waals surface area contributed by atoms with Gasteiger partial charge in [0.2, 0.25) is 0 Å². The molecule has 0 saturated carbocycles. The minimum atomic E-state index is 0.731. The van der Waals surface area contributed by atoms with Crippen LogP contribution in [0.2, 0.25) is 0 Å². The summed E-state index contributed by atoms with van der Waals surface area (Å²) in [6.07, 6.45) is 5.41. The van der Waals surface area contributed by atoms with E-state index in [1.807, 2.05) is 0 Å². The summed E-state index contributed by atoms with van der Waals surface area (Å²) in [5.74, 6) is 1.69. The summed E-state index contributed by atoms with van der Waals surface area (Å²) >= 11 is 0. The molecule has 1 saturated heterocycles. The van der Waals surface area contributed by atoms with Crippen LogP contribution in [-0.2, 0) is 0 Å². The van der Waals surface area contributed by atoms with Crippen molar-refractivity contribution in [2.45, 2.75) is 59.4 Å². The lowest BCUT2D eigenvalue weighted by molar-refractivity contribution is 0.134. The maximum absolute atomic E-state index is 3.76. The van der Waals surface area contributed by atoms with E-state index in [-0.39, 0.29) is 0 Å². The molecule has 2 atom stereocenters. The predicted octanol–water partition coefficient (Wildman–Crippen LogP) is 3.13. The fourth-order valence-electron chi connectivity index (χ4n) is 2.97. The molecule has 1 heterocycles. The molecule has 2 nitrogen and oxygen atoms in total. The largest absolute Gasteiger partial charge is 0.312 e. The molecule has 1 N–H and O–H groups in total. The molecule has 1 fully saturated rings. The molecule has 1 rings (SSSR count). The van der Waals surface area contributed by atoms with Gasteiger partial charge in [0.25, 0.3) is 0 Å². The number of hydrogen-bond donors (Lipinski definition) is 1. The first-order valence-electron chi connectivity index (χ1n) is 7.61. The van der Waals surface area contributed by atoms with Gasteiger partial charge in [0.15, 0.2) is 0 Å². The van der Waals surface area contributed by atoms with Crippen molar-refractivity contribution in [3.8, 4) is 0 Å². The zero-order chi connectivity index (χ0) is 12.7. The first kappa shape index (κ1) is 15.0. The Balaban J connectivity index is 2.40. The second-order valence-corrected chi connectivity index (χ2v) is 6.15. The van der Waals surface area contributed by atoms with Gasteiger partial charge < -0.3 is 10.2 Å².